The minimum absolute atomic E-state index is 0.262. The van der Waals surface area contributed by atoms with Crippen molar-refractivity contribution in [3.05, 3.63) is 80.8 Å². The molecule has 3 aromatic heterocycles. The number of nitrogens with one attached hydrogen (secondary N) is 2. The van der Waals surface area contributed by atoms with Gasteiger partial charge in [0.2, 0.25) is 5.56 Å². The molecule has 0 aliphatic heterocycles. The lowest BCUT2D eigenvalue weighted by Crippen LogP contribution is -2.24. The Hall–Kier alpha value is -2.90. The Balaban J connectivity index is 1.45. The lowest BCUT2D eigenvalue weighted by molar-refractivity contribution is 0.0953. The number of rotatable bonds is 5. The molecule has 0 radical (unpaired) electrons. The van der Waals surface area contributed by atoms with E-state index in [-0.39, 0.29) is 11.5 Å². The number of carbonyl (C=O) groups is 1. The quantitative estimate of drug-likeness (QED) is 0.538. The number of amides is 1. The lowest BCUT2D eigenvalue weighted by Gasteiger charge is -2.05. The number of pyridine rings is 1. The van der Waals surface area contributed by atoms with Gasteiger partial charge in [0, 0.05) is 10.9 Å². The molecule has 7 heteroatoms. The number of benzene rings is 1. The van der Waals surface area contributed by atoms with Gasteiger partial charge in [0.05, 0.1) is 22.3 Å². The molecule has 0 saturated carbocycles. The normalized spacial score (nSPS) is 10.8. The number of aromatic nitrogens is 1. The van der Waals surface area contributed by atoms with E-state index in [0.717, 1.165) is 20.4 Å². The summed E-state index contributed by atoms with van der Waals surface area (Å²) in [5, 5.41) is 5.48. The van der Waals surface area contributed by atoms with Crippen LogP contribution in [0.2, 0.25) is 0 Å². The highest BCUT2D eigenvalue weighted by Gasteiger charge is 2.13. The summed E-state index contributed by atoms with van der Waals surface area (Å²) in [6.45, 7) is 0.376. The topological polar surface area (TPSA) is 71.2 Å². The van der Waals surface area contributed by atoms with Crippen LogP contribution in [-0.2, 0) is 6.54 Å². The van der Waals surface area contributed by atoms with Crippen molar-refractivity contribution in [2.45, 2.75) is 6.54 Å². The molecular formula is C19H14N2O3S2. The van der Waals surface area contributed by atoms with E-state index in [9.17, 15) is 9.59 Å². The summed E-state index contributed by atoms with van der Waals surface area (Å²) >= 11 is 2.90. The van der Waals surface area contributed by atoms with Gasteiger partial charge in [-0.2, -0.15) is 0 Å². The van der Waals surface area contributed by atoms with Gasteiger partial charge in [-0.25, -0.2) is 0 Å². The largest absolute Gasteiger partial charge is 0.447 e. The van der Waals surface area contributed by atoms with Crippen LogP contribution >= 0.6 is 22.7 Å². The Morgan fingerprint density at radius 3 is 2.81 bits per heavy atom. The van der Waals surface area contributed by atoms with Gasteiger partial charge in [-0.3, -0.25) is 9.59 Å². The van der Waals surface area contributed by atoms with Gasteiger partial charge in [0.25, 0.3) is 5.91 Å². The molecule has 0 bridgehead atoms. The van der Waals surface area contributed by atoms with Crippen molar-refractivity contribution in [1.82, 2.24) is 10.3 Å². The van der Waals surface area contributed by atoms with Crippen molar-refractivity contribution in [1.29, 1.82) is 0 Å². The molecule has 1 aromatic carbocycles. The van der Waals surface area contributed by atoms with E-state index < -0.39 is 0 Å². The monoisotopic (exact) mass is 382 g/mol. The van der Waals surface area contributed by atoms with E-state index in [1.807, 2.05) is 47.8 Å². The molecule has 4 rings (SSSR count). The number of H-pyrrole nitrogens is 1. The maximum Gasteiger partial charge on any atom is 0.253 e. The number of thiophene rings is 2. The second-order valence-electron chi connectivity index (χ2n) is 5.53. The van der Waals surface area contributed by atoms with E-state index in [1.165, 1.54) is 28.7 Å². The Bertz CT molecular complexity index is 1110. The summed E-state index contributed by atoms with van der Waals surface area (Å²) < 4.78 is 6.55. The first-order valence-electron chi connectivity index (χ1n) is 7.89. The number of ether oxygens (including phenoxy) is 1. The molecule has 0 aliphatic carbocycles. The fourth-order valence-corrected chi connectivity index (χ4v) is 4.20. The third kappa shape index (κ3) is 3.54. The molecule has 0 spiro atoms. The van der Waals surface area contributed by atoms with E-state index in [0.29, 0.717) is 17.6 Å². The van der Waals surface area contributed by atoms with Gasteiger partial charge < -0.3 is 15.0 Å². The highest BCUT2D eigenvalue weighted by Crippen LogP contribution is 2.29. The van der Waals surface area contributed by atoms with Crippen LogP contribution in [0.15, 0.2) is 64.8 Å². The molecule has 0 unspecified atom stereocenters. The Kier molecular flexibility index (Phi) is 4.55. The van der Waals surface area contributed by atoms with Gasteiger partial charge in [-0.1, -0.05) is 18.2 Å². The molecule has 26 heavy (non-hydrogen) atoms. The molecular weight excluding hydrogens is 368 g/mol. The molecule has 3 heterocycles. The predicted molar refractivity (Wildman–Crippen MR) is 104 cm³/mol. The predicted octanol–water partition coefficient (Wildman–Crippen LogP) is 4.37. The SMILES string of the molecule is O=C(NCc1ccc(Oc2ccccc2)s1)c1cc(=O)[nH]c2ccsc12. The number of para-hydroxylation sites is 1. The van der Waals surface area contributed by atoms with Crippen molar-refractivity contribution in [3.8, 4) is 10.8 Å². The zero-order valence-electron chi connectivity index (χ0n) is 13.5. The van der Waals surface area contributed by atoms with E-state index in [4.69, 9.17) is 4.74 Å². The third-order valence-electron chi connectivity index (χ3n) is 3.71. The standard InChI is InChI=1S/C19H14N2O3S2/c22-16-10-14(18-15(21-16)8-9-25-18)19(23)20-11-13-6-7-17(26-13)24-12-4-2-1-3-5-12/h1-10H,11H2,(H,20,23)(H,21,22). The smallest absolute Gasteiger partial charge is 0.253 e. The summed E-state index contributed by atoms with van der Waals surface area (Å²) in [5.41, 5.74) is 0.800. The van der Waals surface area contributed by atoms with Gasteiger partial charge in [0.15, 0.2) is 5.06 Å². The maximum absolute atomic E-state index is 12.5. The summed E-state index contributed by atoms with van der Waals surface area (Å²) in [6, 6.07) is 16.5. The first-order valence-corrected chi connectivity index (χ1v) is 9.59. The average molecular weight is 382 g/mol. The number of fused-ring (bicyclic) bond motifs is 1. The molecule has 0 saturated heterocycles. The zero-order chi connectivity index (χ0) is 17.9. The van der Waals surface area contributed by atoms with Gasteiger partial charge in [0.1, 0.15) is 5.75 Å². The fourth-order valence-electron chi connectivity index (χ4n) is 2.53. The molecule has 0 aliphatic rings. The minimum atomic E-state index is -0.282. The summed E-state index contributed by atoms with van der Waals surface area (Å²) in [6.07, 6.45) is 0. The number of hydrogen-bond donors (Lipinski definition) is 2. The van der Waals surface area contributed by atoms with Gasteiger partial charge >= 0.3 is 0 Å². The van der Waals surface area contributed by atoms with Gasteiger partial charge in [-0.05, 0) is 35.7 Å². The number of aromatic amines is 1. The molecule has 0 atom stereocenters. The molecule has 2 N–H and O–H groups in total. The van der Waals surface area contributed by atoms with Crippen molar-refractivity contribution in [2.24, 2.45) is 0 Å². The molecule has 1 amide bonds. The molecule has 4 aromatic rings. The first-order chi connectivity index (χ1) is 12.7. The first kappa shape index (κ1) is 16.6. The summed E-state index contributed by atoms with van der Waals surface area (Å²) in [7, 11) is 0. The van der Waals surface area contributed by atoms with Crippen LogP contribution in [0, 0.1) is 0 Å². The minimum Gasteiger partial charge on any atom is -0.447 e. The average Bonchev–Trinajstić information content (AvgIpc) is 3.29. The van der Waals surface area contributed by atoms with Crippen molar-refractivity contribution in [3.63, 3.8) is 0 Å². The maximum atomic E-state index is 12.5. The highest BCUT2D eigenvalue weighted by molar-refractivity contribution is 7.17. The van der Waals surface area contributed by atoms with E-state index in [1.54, 1.807) is 6.07 Å². The van der Waals surface area contributed by atoms with Crippen molar-refractivity contribution < 1.29 is 9.53 Å². The number of hydrogen-bond acceptors (Lipinski definition) is 5. The number of carbonyl (C=O) groups excluding carboxylic acids is 1. The Labute approximate surface area is 156 Å². The van der Waals surface area contributed by atoms with Crippen molar-refractivity contribution >= 4 is 38.8 Å². The molecule has 130 valence electrons. The van der Waals surface area contributed by atoms with Crippen LogP contribution in [0.1, 0.15) is 15.2 Å². The van der Waals surface area contributed by atoms with Crippen LogP contribution in [0.3, 0.4) is 0 Å². The second-order valence-corrected chi connectivity index (χ2v) is 7.58. The van der Waals surface area contributed by atoms with E-state index in [2.05, 4.69) is 10.3 Å². The zero-order valence-corrected chi connectivity index (χ0v) is 15.2. The Morgan fingerprint density at radius 1 is 1.12 bits per heavy atom. The summed E-state index contributed by atoms with van der Waals surface area (Å²) in [4.78, 5) is 27.9. The van der Waals surface area contributed by atoms with Crippen molar-refractivity contribution in [2.75, 3.05) is 0 Å². The fraction of sp³-hybridized carbons (Fsp3) is 0.0526. The highest BCUT2D eigenvalue weighted by atomic mass is 32.1. The van der Waals surface area contributed by atoms with Crippen LogP contribution < -0.4 is 15.6 Å². The molecule has 0 fully saturated rings. The summed E-state index contributed by atoms with van der Waals surface area (Å²) in [5.74, 6) is 0.510. The van der Waals surface area contributed by atoms with Crippen LogP contribution in [0.5, 0.6) is 10.8 Å². The van der Waals surface area contributed by atoms with Gasteiger partial charge in [-0.15, -0.1) is 22.7 Å². The Morgan fingerprint density at radius 2 is 1.96 bits per heavy atom. The third-order valence-corrected chi connectivity index (χ3v) is 5.62. The lowest BCUT2D eigenvalue weighted by atomic mass is 10.2. The molecule has 5 nitrogen and oxygen atoms in total. The second kappa shape index (κ2) is 7.15. The van der Waals surface area contributed by atoms with Crippen LogP contribution in [-0.4, -0.2) is 10.9 Å². The van der Waals surface area contributed by atoms with Crippen LogP contribution in [0.4, 0.5) is 0 Å². The van der Waals surface area contributed by atoms with E-state index >= 15 is 0 Å². The van der Waals surface area contributed by atoms with Crippen LogP contribution in [0.25, 0.3) is 10.2 Å².